The zero-order chi connectivity index (χ0) is 10.1. The maximum atomic E-state index is 11.6. The molecule has 4 nitrogen and oxygen atoms in total. The second-order valence-corrected chi connectivity index (χ2v) is 4.85. The highest BCUT2D eigenvalue weighted by molar-refractivity contribution is 14.1. The molecule has 0 N–H and O–H groups in total. The van der Waals surface area contributed by atoms with Gasteiger partial charge >= 0.3 is 6.03 Å². The van der Waals surface area contributed by atoms with Gasteiger partial charge in [0, 0.05) is 20.1 Å². The highest BCUT2D eigenvalue weighted by Gasteiger charge is 2.28. The molecule has 0 spiro atoms. The maximum Gasteiger partial charge on any atom is 0.325 e. The van der Waals surface area contributed by atoms with Crippen molar-refractivity contribution < 1.29 is 4.79 Å². The minimum atomic E-state index is 0.0545. The van der Waals surface area contributed by atoms with E-state index in [-0.39, 0.29) is 10.1 Å². The van der Waals surface area contributed by atoms with Crippen molar-refractivity contribution >= 4 is 34.5 Å². The first-order valence-corrected chi connectivity index (χ1v) is 5.84. The summed E-state index contributed by atoms with van der Waals surface area (Å²) in [5.74, 6) is 0.810. The van der Waals surface area contributed by atoms with Gasteiger partial charge in [0.2, 0.25) is 0 Å². The van der Waals surface area contributed by atoms with Crippen molar-refractivity contribution in [1.29, 1.82) is 0 Å². The second kappa shape index (κ2) is 3.88. The summed E-state index contributed by atoms with van der Waals surface area (Å²) in [6, 6.07) is 0.0545. The van der Waals surface area contributed by atoms with E-state index in [1.165, 1.54) is 0 Å². The van der Waals surface area contributed by atoms with Crippen LogP contribution in [0.4, 0.5) is 4.79 Å². The van der Waals surface area contributed by atoms with Crippen molar-refractivity contribution in [3.05, 3.63) is 12.2 Å². The number of carbonyl (C=O) groups is 1. The number of amides is 2. The Kier molecular flexibility index (Phi) is 2.76. The molecule has 0 bridgehead atoms. The second-order valence-electron chi connectivity index (χ2n) is 3.42. The van der Waals surface area contributed by atoms with Gasteiger partial charge in [0.25, 0.3) is 0 Å². The lowest BCUT2D eigenvalue weighted by atomic mass is 10.3. The lowest BCUT2D eigenvalue weighted by Gasteiger charge is -2.19. The maximum absolute atomic E-state index is 11.6. The molecule has 76 valence electrons. The van der Waals surface area contributed by atoms with Gasteiger partial charge in [-0.2, -0.15) is 0 Å². The number of halogens is 1. The van der Waals surface area contributed by atoms with E-state index in [4.69, 9.17) is 0 Å². The Morgan fingerprint density at radius 2 is 2.36 bits per heavy atom. The summed E-state index contributed by atoms with van der Waals surface area (Å²) in [7, 11) is 1.82. The summed E-state index contributed by atoms with van der Waals surface area (Å²) in [5.41, 5.74) is 0. The van der Waals surface area contributed by atoms with E-state index in [2.05, 4.69) is 33.7 Å². The van der Waals surface area contributed by atoms with Crippen LogP contribution in [0.2, 0.25) is 0 Å². The summed E-state index contributed by atoms with van der Waals surface area (Å²) < 4.78 is 0.270. The number of urea groups is 1. The molecular formula is C9H12IN3O. The fraction of sp³-hybridized carbons (Fsp3) is 0.556. The number of amidine groups is 1. The molecule has 0 aliphatic carbocycles. The summed E-state index contributed by atoms with van der Waals surface area (Å²) in [4.78, 5) is 19.5. The van der Waals surface area contributed by atoms with E-state index in [1.807, 2.05) is 13.1 Å². The first kappa shape index (κ1) is 9.95. The molecule has 2 rings (SSSR count). The van der Waals surface area contributed by atoms with E-state index in [0.29, 0.717) is 0 Å². The summed E-state index contributed by atoms with van der Waals surface area (Å²) in [5, 5.41) is 0. The Labute approximate surface area is 96.8 Å². The van der Waals surface area contributed by atoms with Crippen LogP contribution in [0, 0.1) is 0 Å². The Balaban J connectivity index is 2.16. The van der Waals surface area contributed by atoms with Gasteiger partial charge in [0.15, 0.2) is 0 Å². The molecule has 1 saturated heterocycles. The van der Waals surface area contributed by atoms with Gasteiger partial charge in [-0.1, -0.05) is 28.7 Å². The Hall–Kier alpha value is -0.590. The fourth-order valence-corrected chi connectivity index (χ4v) is 2.12. The van der Waals surface area contributed by atoms with E-state index in [9.17, 15) is 4.79 Å². The molecule has 14 heavy (non-hydrogen) atoms. The van der Waals surface area contributed by atoms with E-state index < -0.39 is 0 Å². The van der Waals surface area contributed by atoms with Gasteiger partial charge in [-0.3, -0.25) is 9.89 Å². The number of rotatable bonds is 0. The van der Waals surface area contributed by atoms with Crippen LogP contribution in [0.25, 0.3) is 0 Å². The third kappa shape index (κ3) is 1.77. The molecular weight excluding hydrogens is 293 g/mol. The number of dihydropyridines is 1. The highest BCUT2D eigenvalue weighted by atomic mass is 127. The third-order valence-electron chi connectivity index (χ3n) is 2.36. The van der Waals surface area contributed by atoms with Gasteiger partial charge in [-0.15, -0.1) is 0 Å². The number of carbonyl (C=O) groups excluding carboxylic acids is 1. The number of alkyl halides is 1. The number of nitrogens with zero attached hydrogens (tertiary/aromatic N) is 3. The lowest BCUT2D eigenvalue weighted by Crippen LogP contribution is -2.35. The molecule has 1 atom stereocenters. The Morgan fingerprint density at radius 1 is 1.57 bits per heavy atom. The largest absolute Gasteiger partial charge is 0.326 e. The zero-order valence-electron chi connectivity index (χ0n) is 7.98. The summed E-state index contributed by atoms with van der Waals surface area (Å²) in [6.45, 7) is 1.54. The normalized spacial score (nSPS) is 27.1. The van der Waals surface area contributed by atoms with Crippen LogP contribution in [0.1, 0.15) is 6.42 Å². The molecule has 2 aliphatic rings. The van der Waals surface area contributed by atoms with Gasteiger partial charge < -0.3 is 4.90 Å². The number of likely N-dealkylation sites (N-methyl/N-ethyl adjacent to an activating group) is 1. The van der Waals surface area contributed by atoms with Crippen molar-refractivity contribution in [2.75, 3.05) is 20.1 Å². The summed E-state index contributed by atoms with van der Waals surface area (Å²) in [6.07, 6.45) is 4.97. The van der Waals surface area contributed by atoms with Crippen LogP contribution in [0.3, 0.4) is 0 Å². The number of hydrogen-bond donors (Lipinski definition) is 0. The number of hydrogen-bond acceptors (Lipinski definition) is 2. The first-order valence-electron chi connectivity index (χ1n) is 4.59. The molecule has 0 saturated carbocycles. The van der Waals surface area contributed by atoms with Crippen LogP contribution in [0.15, 0.2) is 17.1 Å². The van der Waals surface area contributed by atoms with Crippen LogP contribution in [0.5, 0.6) is 0 Å². The van der Waals surface area contributed by atoms with Crippen LogP contribution >= 0.6 is 22.6 Å². The quantitative estimate of drug-likeness (QED) is 0.379. The molecule has 0 radical (unpaired) electrons. The predicted octanol–water partition coefficient (Wildman–Crippen LogP) is 1.47. The molecule has 0 aromatic rings. The van der Waals surface area contributed by atoms with E-state index in [1.54, 1.807) is 9.80 Å². The minimum absolute atomic E-state index is 0.0545. The van der Waals surface area contributed by atoms with Crippen LogP contribution < -0.4 is 0 Å². The fourth-order valence-electron chi connectivity index (χ4n) is 1.54. The average molecular weight is 305 g/mol. The first-order chi connectivity index (χ1) is 6.68. The standard InChI is InChI=1S/C9H12IN3O/c1-12-5-6-13(9(12)14)8-4-2-3-7(10)11-8/h2,4,7H,3,5-6H2,1H3. The predicted molar refractivity (Wildman–Crippen MR) is 63.7 cm³/mol. The monoisotopic (exact) mass is 305 g/mol. The third-order valence-corrected chi connectivity index (χ3v) is 3.15. The highest BCUT2D eigenvalue weighted by Crippen LogP contribution is 2.17. The summed E-state index contributed by atoms with van der Waals surface area (Å²) >= 11 is 2.28. The van der Waals surface area contributed by atoms with Crippen LogP contribution in [-0.4, -0.2) is 45.9 Å². The van der Waals surface area contributed by atoms with Gasteiger partial charge in [-0.25, -0.2) is 4.79 Å². The van der Waals surface area contributed by atoms with Gasteiger partial charge in [-0.05, 0) is 12.5 Å². The van der Waals surface area contributed by atoms with Gasteiger partial charge in [0.05, 0.1) is 0 Å². The van der Waals surface area contributed by atoms with Crippen molar-refractivity contribution in [1.82, 2.24) is 9.80 Å². The molecule has 2 heterocycles. The van der Waals surface area contributed by atoms with Crippen molar-refractivity contribution in [2.45, 2.75) is 10.5 Å². The van der Waals surface area contributed by atoms with Crippen molar-refractivity contribution in [3.63, 3.8) is 0 Å². The Morgan fingerprint density at radius 3 is 2.93 bits per heavy atom. The molecule has 2 amide bonds. The van der Waals surface area contributed by atoms with Gasteiger partial charge in [0.1, 0.15) is 9.88 Å². The smallest absolute Gasteiger partial charge is 0.325 e. The van der Waals surface area contributed by atoms with Crippen LogP contribution in [-0.2, 0) is 0 Å². The average Bonchev–Trinajstić information content (AvgIpc) is 2.48. The van der Waals surface area contributed by atoms with E-state index >= 15 is 0 Å². The van der Waals surface area contributed by atoms with Crippen molar-refractivity contribution in [2.24, 2.45) is 4.99 Å². The van der Waals surface area contributed by atoms with E-state index in [0.717, 1.165) is 25.3 Å². The molecule has 1 fully saturated rings. The SMILES string of the molecule is CN1CCN(C2=NC(I)CC=C2)C1=O. The number of aliphatic imine (C=N–C) groups is 1. The van der Waals surface area contributed by atoms with Crippen molar-refractivity contribution in [3.8, 4) is 0 Å². The lowest BCUT2D eigenvalue weighted by molar-refractivity contribution is 0.213. The zero-order valence-corrected chi connectivity index (χ0v) is 10.1. The Bertz CT molecular complexity index is 313. The topological polar surface area (TPSA) is 35.9 Å². The molecule has 2 aliphatic heterocycles. The molecule has 0 aromatic carbocycles. The molecule has 1 unspecified atom stereocenters. The minimum Gasteiger partial charge on any atom is -0.326 e. The molecule has 5 heteroatoms. The molecule has 0 aromatic heterocycles.